The van der Waals surface area contributed by atoms with E-state index in [1.165, 1.54) is 0 Å². The van der Waals surface area contributed by atoms with Crippen LogP contribution >= 0.6 is 0 Å². The predicted molar refractivity (Wildman–Crippen MR) is 95.5 cm³/mol. The summed E-state index contributed by atoms with van der Waals surface area (Å²) < 4.78 is 11.2. The van der Waals surface area contributed by atoms with E-state index in [4.69, 9.17) is 9.47 Å². The molecule has 1 amide bonds. The molecule has 1 heterocycles. The normalized spacial score (nSPS) is 13.2. The summed E-state index contributed by atoms with van der Waals surface area (Å²) in [5, 5.41) is 3.34. The Morgan fingerprint density at radius 1 is 1.17 bits per heavy atom. The van der Waals surface area contributed by atoms with Gasteiger partial charge in [-0.1, -0.05) is 13.3 Å². The van der Waals surface area contributed by atoms with Crippen LogP contribution in [0.15, 0.2) is 42.5 Å². The van der Waals surface area contributed by atoms with Gasteiger partial charge in [-0.3, -0.25) is 4.79 Å². The lowest BCUT2D eigenvalue weighted by Gasteiger charge is -2.26. The van der Waals surface area contributed by atoms with Crippen LogP contribution in [-0.2, 0) is 4.79 Å². The van der Waals surface area contributed by atoms with Crippen LogP contribution in [0.2, 0.25) is 0 Å². The minimum atomic E-state index is -0.0399. The fourth-order valence-electron chi connectivity index (χ4n) is 2.49. The fraction of sp³-hybridized carbons (Fsp3) is 0.316. The van der Waals surface area contributed by atoms with Gasteiger partial charge in [0.1, 0.15) is 11.5 Å². The first-order chi connectivity index (χ1) is 11.7. The van der Waals surface area contributed by atoms with Gasteiger partial charge in [-0.25, -0.2) is 0 Å². The van der Waals surface area contributed by atoms with Crippen molar-refractivity contribution in [1.82, 2.24) is 0 Å². The molecule has 0 radical (unpaired) electrons. The van der Waals surface area contributed by atoms with Gasteiger partial charge in [-0.15, -0.1) is 0 Å². The first-order valence-electron chi connectivity index (χ1n) is 8.20. The smallest absolute Gasteiger partial charge is 0.264 e. The number of nitrogens with one attached hydrogen (secondary N) is 1. The van der Waals surface area contributed by atoms with Gasteiger partial charge in [-0.2, -0.15) is 0 Å². The second-order valence-corrected chi connectivity index (χ2v) is 5.78. The molecule has 0 aliphatic carbocycles. The molecule has 126 valence electrons. The lowest BCUT2D eigenvalue weighted by molar-refractivity contribution is -0.120. The summed E-state index contributed by atoms with van der Waals surface area (Å²) in [6.45, 7) is 2.97. The summed E-state index contributed by atoms with van der Waals surface area (Å²) in [5.74, 6) is 1.55. The van der Waals surface area contributed by atoms with Gasteiger partial charge in [0.25, 0.3) is 5.91 Å². The Morgan fingerprint density at radius 3 is 2.67 bits per heavy atom. The summed E-state index contributed by atoms with van der Waals surface area (Å²) >= 11 is 0. The molecule has 0 spiro atoms. The predicted octanol–water partition coefficient (Wildman–Crippen LogP) is 3.96. The number of benzene rings is 2. The third-order valence-electron chi connectivity index (χ3n) is 3.96. The highest BCUT2D eigenvalue weighted by atomic mass is 16.5. The number of unbranched alkanes of at least 4 members (excludes halogenated alkanes) is 1. The number of amides is 1. The molecular formula is C19H22N2O3. The molecule has 0 atom stereocenters. The Bertz CT molecular complexity index is 713. The molecule has 5 heteroatoms. The molecule has 0 saturated heterocycles. The highest BCUT2D eigenvalue weighted by Gasteiger charge is 2.22. The number of rotatable bonds is 6. The number of carbonyl (C=O) groups is 1. The quantitative estimate of drug-likeness (QED) is 0.816. The summed E-state index contributed by atoms with van der Waals surface area (Å²) in [6.07, 6.45) is 2.19. The standard InChI is InChI=1S/C19H22N2O3/c1-3-4-11-23-16-8-5-14(6-9-16)20-15-7-10-17-18(12-15)24-13-19(22)21(17)2/h5-10,12,20H,3-4,11,13H2,1-2H3. The van der Waals surface area contributed by atoms with Crippen LogP contribution in [0.1, 0.15) is 19.8 Å². The monoisotopic (exact) mass is 326 g/mol. The summed E-state index contributed by atoms with van der Waals surface area (Å²) in [7, 11) is 1.76. The highest BCUT2D eigenvalue weighted by molar-refractivity contribution is 5.97. The van der Waals surface area contributed by atoms with Crippen molar-refractivity contribution in [2.45, 2.75) is 19.8 Å². The van der Waals surface area contributed by atoms with E-state index < -0.39 is 0 Å². The first-order valence-corrected chi connectivity index (χ1v) is 8.20. The van der Waals surface area contributed by atoms with E-state index in [1.807, 2.05) is 42.5 Å². The average molecular weight is 326 g/mol. The lowest BCUT2D eigenvalue weighted by atomic mass is 10.2. The number of anilines is 3. The summed E-state index contributed by atoms with van der Waals surface area (Å²) in [6, 6.07) is 13.6. The van der Waals surface area contributed by atoms with Crippen molar-refractivity contribution in [3.63, 3.8) is 0 Å². The van der Waals surface area contributed by atoms with Gasteiger partial charge in [0.2, 0.25) is 0 Å². The molecular weight excluding hydrogens is 304 g/mol. The van der Waals surface area contributed by atoms with Gasteiger partial charge in [-0.05, 0) is 42.8 Å². The Balaban J connectivity index is 1.67. The third-order valence-corrected chi connectivity index (χ3v) is 3.96. The molecule has 3 rings (SSSR count). The Labute approximate surface area is 142 Å². The van der Waals surface area contributed by atoms with E-state index in [-0.39, 0.29) is 12.5 Å². The SMILES string of the molecule is CCCCOc1ccc(Nc2ccc3c(c2)OCC(=O)N3C)cc1. The topological polar surface area (TPSA) is 50.8 Å². The highest BCUT2D eigenvalue weighted by Crippen LogP contribution is 2.34. The van der Waals surface area contributed by atoms with Gasteiger partial charge in [0, 0.05) is 24.5 Å². The average Bonchev–Trinajstić information content (AvgIpc) is 2.60. The Kier molecular flexibility index (Phi) is 4.89. The number of fused-ring (bicyclic) bond motifs is 1. The maximum atomic E-state index is 11.6. The van der Waals surface area contributed by atoms with Crippen molar-refractivity contribution in [2.75, 3.05) is 30.5 Å². The Morgan fingerprint density at radius 2 is 1.92 bits per heavy atom. The molecule has 2 aromatic carbocycles. The number of hydrogen-bond donors (Lipinski definition) is 1. The second kappa shape index (κ2) is 7.25. The molecule has 2 aromatic rings. The van der Waals surface area contributed by atoms with Gasteiger partial charge < -0.3 is 19.7 Å². The van der Waals surface area contributed by atoms with Crippen LogP contribution in [0.25, 0.3) is 0 Å². The molecule has 0 aromatic heterocycles. The van der Waals surface area contributed by atoms with E-state index in [1.54, 1.807) is 11.9 Å². The van der Waals surface area contributed by atoms with Crippen molar-refractivity contribution < 1.29 is 14.3 Å². The molecule has 24 heavy (non-hydrogen) atoms. The molecule has 0 saturated carbocycles. The fourth-order valence-corrected chi connectivity index (χ4v) is 2.49. The van der Waals surface area contributed by atoms with Gasteiger partial charge in [0.15, 0.2) is 6.61 Å². The number of likely N-dealkylation sites (N-methyl/N-ethyl adjacent to an activating group) is 1. The van der Waals surface area contributed by atoms with Crippen molar-refractivity contribution in [3.05, 3.63) is 42.5 Å². The molecule has 0 fully saturated rings. The minimum Gasteiger partial charge on any atom is -0.494 e. The zero-order valence-corrected chi connectivity index (χ0v) is 14.0. The van der Waals surface area contributed by atoms with E-state index in [0.717, 1.165) is 42.3 Å². The van der Waals surface area contributed by atoms with Crippen molar-refractivity contribution in [1.29, 1.82) is 0 Å². The van der Waals surface area contributed by atoms with Crippen molar-refractivity contribution in [2.24, 2.45) is 0 Å². The zero-order valence-electron chi connectivity index (χ0n) is 14.0. The largest absolute Gasteiger partial charge is 0.494 e. The van der Waals surface area contributed by atoms with Crippen molar-refractivity contribution in [3.8, 4) is 11.5 Å². The van der Waals surface area contributed by atoms with Gasteiger partial charge >= 0.3 is 0 Å². The summed E-state index contributed by atoms with van der Waals surface area (Å²) in [5.41, 5.74) is 2.67. The van der Waals surface area contributed by atoms with Gasteiger partial charge in [0.05, 0.1) is 12.3 Å². The third kappa shape index (κ3) is 3.62. The van der Waals surface area contributed by atoms with E-state index in [9.17, 15) is 4.79 Å². The summed E-state index contributed by atoms with van der Waals surface area (Å²) in [4.78, 5) is 13.2. The van der Waals surface area contributed by atoms with E-state index in [2.05, 4.69) is 12.2 Å². The molecule has 1 aliphatic heterocycles. The van der Waals surface area contributed by atoms with Crippen LogP contribution in [0.3, 0.4) is 0 Å². The van der Waals surface area contributed by atoms with Crippen molar-refractivity contribution >= 4 is 23.0 Å². The molecule has 1 N–H and O–H groups in total. The molecule has 5 nitrogen and oxygen atoms in total. The Hall–Kier alpha value is -2.69. The maximum absolute atomic E-state index is 11.6. The van der Waals surface area contributed by atoms with Crippen LogP contribution in [0.5, 0.6) is 11.5 Å². The molecule has 1 aliphatic rings. The van der Waals surface area contributed by atoms with E-state index in [0.29, 0.717) is 5.75 Å². The first kappa shape index (κ1) is 16.2. The molecule has 0 unspecified atom stereocenters. The zero-order chi connectivity index (χ0) is 16.9. The number of carbonyl (C=O) groups excluding carboxylic acids is 1. The van der Waals surface area contributed by atoms with Crippen LogP contribution in [0.4, 0.5) is 17.1 Å². The van der Waals surface area contributed by atoms with Crippen LogP contribution in [-0.4, -0.2) is 26.2 Å². The lowest BCUT2D eigenvalue weighted by Crippen LogP contribution is -2.35. The number of hydrogen-bond acceptors (Lipinski definition) is 4. The maximum Gasteiger partial charge on any atom is 0.264 e. The second-order valence-electron chi connectivity index (χ2n) is 5.78. The number of ether oxygens (including phenoxy) is 2. The minimum absolute atomic E-state index is 0.0399. The van der Waals surface area contributed by atoms with Crippen LogP contribution in [0, 0.1) is 0 Å². The van der Waals surface area contributed by atoms with E-state index >= 15 is 0 Å². The van der Waals surface area contributed by atoms with Crippen LogP contribution < -0.4 is 19.7 Å². The number of nitrogens with zero attached hydrogens (tertiary/aromatic N) is 1. The molecule has 0 bridgehead atoms.